The zero-order valence-electron chi connectivity index (χ0n) is 33.9. The minimum absolute atomic E-state index is 0.976. The summed E-state index contributed by atoms with van der Waals surface area (Å²) in [4.78, 5) is 14.0. The molecular weight excluding hydrogens is 851 g/mol. The Labute approximate surface area is 370 Å². The summed E-state index contributed by atoms with van der Waals surface area (Å²) in [5.41, 5.74) is 6.92. The fraction of sp³-hybridized carbons (Fsp3) is 0. The Kier molecular flexibility index (Phi) is 8.17. The van der Waals surface area contributed by atoms with Crippen molar-refractivity contribution in [3.05, 3.63) is 213 Å². The monoisotopic (exact) mass is 886 g/mol. The second-order valence-corrected chi connectivity index (χ2v) is 22.6. The fourth-order valence-corrected chi connectivity index (χ4v) is 14.8. The average Bonchev–Trinajstić information content (AvgIpc) is 3.75. The quantitative estimate of drug-likeness (QED) is 0.0982. The van der Waals surface area contributed by atoms with E-state index in [1.165, 1.54) is 92.0 Å². The van der Waals surface area contributed by atoms with Gasteiger partial charge in [0.15, 0.2) is 0 Å². The summed E-state index contributed by atoms with van der Waals surface area (Å²) in [7, 11) is 0. The van der Waals surface area contributed by atoms with E-state index < -0.39 is 5.51 Å². The van der Waals surface area contributed by atoms with Gasteiger partial charge in [0.1, 0.15) is 5.65 Å². The Balaban J connectivity index is 0.985. The number of imidazole rings is 1. The summed E-state index contributed by atoms with van der Waals surface area (Å²) in [6, 6.07) is 69.2. The molecule has 63 heavy (non-hydrogen) atoms. The molecular formula is C57H35N4PSe. The number of hydrogen-bond donors (Lipinski definition) is 0. The van der Waals surface area contributed by atoms with Crippen molar-refractivity contribution in [3.8, 4) is 22.3 Å². The van der Waals surface area contributed by atoms with Gasteiger partial charge < -0.3 is 0 Å². The molecule has 0 spiro atoms. The summed E-state index contributed by atoms with van der Waals surface area (Å²) < 4.78 is 2.38. The molecule has 294 valence electrons. The first kappa shape index (κ1) is 36.4. The molecule has 4 aromatic heterocycles. The van der Waals surface area contributed by atoms with Crippen molar-refractivity contribution in [2.45, 2.75) is 0 Å². The van der Waals surface area contributed by atoms with Crippen molar-refractivity contribution in [3.63, 3.8) is 0 Å². The van der Waals surface area contributed by atoms with Crippen molar-refractivity contribution in [2.24, 2.45) is 0 Å². The molecule has 0 N–H and O–H groups in total. The Bertz CT molecular complexity index is 4020. The molecule has 0 aliphatic rings. The zero-order chi connectivity index (χ0) is 41.6. The third-order valence-electron chi connectivity index (χ3n) is 13.0. The molecule has 0 unspecified atom stereocenters. The van der Waals surface area contributed by atoms with E-state index in [2.05, 4.69) is 218 Å². The number of nitrogens with zero attached hydrogens (tertiary/aromatic N) is 4. The van der Waals surface area contributed by atoms with Crippen LogP contribution in [-0.2, 0) is 0 Å². The molecule has 0 bridgehead atoms. The predicted octanol–water partition coefficient (Wildman–Crippen LogP) is 12.9. The van der Waals surface area contributed by atoms with Gasteiger partial charge in [-0.15, -0.1) is 0 Å². The first-order valence-corrected chi connectivity index (χ1v) is 25.2. The number of benzene rings is 9. The van der Waals surface area contributed by atoms with E-state index in [1.54, 1.807) is 0 Å². The maximum absolute atomic E-state index is 5.34. The number of fused-ring (bicyclic) bond motifs is 14. The second-order valence-electron chi connectivity index (χ2n) is 16.4. The molecule has 0 radical (unpaired) electrons. The van der Waals surface area contributed by atoms with Crippen molar-refractivity contribution in [2.75, 3.05) is 0 Å². The van der Waals surface area contributed by atoms with Gasteiger partial charge in [0.25, 0.3) is 0 Å². The molecule has 13 rings (SSSR count). The van der Waals surface area contributed by atoms with Gasteiger partial charge in [-0.3, -0.25) is 4.40 Å². The van der Waals surface area contributed by atoms with Crippen molar-refractivity contribution in [1.82, 2.24) is 19.4 Å². The predicted molar refractivity (Wildman–Crippen MR) is 269 cm³/mol. The van der Waals surface area contributed by atoms with E-state index in [9.17, 15) is 0 Å². The summed E-state index contributed by atoms with van der Waals surface area (Å²) in [5.74, 6) is 0. The Morgan fingerprint density at radius 1 is 0.381 bits per heavy atom. The molecule has 0 aliphatic carbocycles. The molecule has 4 nitrogen and oxygen atoms in total. The van der Waals surface area contributed by atoms with Crippen molar-refractivity contribution >= 4 is 118 Å². The summed E-state index contributed by atoms with van der Waals surface area (Å²) in [5, 5.41) is 17.2. The fourth-order valence-electron chi connectivity index (χ4n) is 9.99. The van der Waals surface area contributed by atoms with Crippen LogP contribution >= 0.6 is 5.51 Å². The van der Waals surface area contributed by atoms with Gasteiger partial charge >= 0.3 is 200 Å². The van der Waals surface area contributed by atoms with Crippen LogP contribution in [0.5, 0.6) is 0 Å². The van der Waals surface area contributed by atoms with Gasteiger partial charge in [-0.05, 0) is 50.9 Å². The minimum atomic E-state index is -2.05. The molecule has 4 heterocycles. The summed E-state index contributed by atoms with van der Waals surface area (Å²) in [6.07, 6.45) is 7.55. The van der Waals surface area contributed by atoms with E-state index in [0.717, 1.165) is 27.6 Å². The van der Waals surface area contributed by atoms with Crippen LogP contribution in [-0.4, -0.2) is 34.5 Å². The van der Waals surface area contributed by atoms with Crippen LogP contribution in [0.15, 0.2) is 213 Å². The van der Waals surface area contributed by atoms with Gasteiger partial charge in [0.05, 0.1) is 16.6 Å². The van der Waals surface area contributed by atoms with Gasteiger partial charge in [-0.25, -0.2) is 4.98 Å². The van der Waals surface area contributed by atoms with E-state index >= 15 is 0 Å². The molecule has 0 fully saturated rings. The number of rotatable bonds is 5. The second kappa shape index (κ2) is 14.1. The van der Waals surface area contributed by atoms with E-state index in [-0.39, 0.29) is 0 Å². The van der Waals surface area contributed by atoms with Gasteiger partial charge in [-0.2, -0.15) is 0 Å². The van der Waals surface area contributed by atoms with E-state index in [1.807, 2.05) is 24.8 Å². The SMILES string of the molecule is [Se]=P(c1ccncc1)(c1ccncc1)c1ccc2c(ccc3cc(-c4ccc5c(c4)c4c6ccccc6ccc4c4nc6ccc(-c7cccc8ccccc78)cc6n54)ccc32)c1. The van der Waals surface area contributed by atoms with Crippen LogP contribution in [0.2, 0.25) is 0 Å². The standard InChI is InChI=1S/C57H35N4PSe/c63-62(43-24-28-58-29-25-43,44-26-30-59-31-27-44)45-18-21-49-41(33-45)13-12-40-32-38(15-19-48(40)49)39-17-23-54-52(34-39)56-50-10-4-2-7-37(50)14-20-51(56)57-60-53-22-16-42(35-55(53)61(54)57)47-11-5-8-36-6-1-3-9-46(36)47/h1-35H. The van der Waals surface area contributed by atoms with Crippen LogP contribution in [0.25, 0.3) is 104 Å². The van der Waals surface area contributed by atoms with E-state index in [0.29, 0.717) is 0 Å². The van der Waals surface area contributed by atoms with Crippen LogP contribution < -0.4 is 15.9 Å². The summed E-state index contributed by atoms with van der Waals surface area (Å²) in [6.45, 7) is 0. The molecule has 0 atom stereocenters. The maximum atomic E-state index is 5.34. The molecule has 6 heteroatoms. The van der Waals surface area contributed by atoms with Crippen LogP contribution in [0, 0.1) is 0 Å². The Morgan fingerprint density at radius 2 is 0.984 bits per heavy atom. The third-order valence-corrected chi connectivity index (χ3v) is 20.0. The molecule has 0 aliphatic heterocycles. The summed E-state index contributed by atoms with van der Waals surface area (Å²) >= 11 is 3.68. The molecule has 13 aromatic rings. The van der Waals surface area contributed by atoms with Gasteiger partial charge in [0, 0.05) is 10.8 Å². The molecule has 0 saturated heterocycles. The topological polar surface area (TPSA) is 43.1 Å². The normalized spacial score (nSPS) is 12.2. The van der Waals surface area contributed by atoms with Gasteiger partial charge in [-0.1, -0.05) is 78.9 Å². The van der Waals surface area contributed by atoms with Gasteiger partial charge in [0.2, 0.25) is 0 Å². The first-order chi connectivity index (χ1) is 31.1. The van der Waals surface area contributed by atoms with Crippen LogP contribution in [0.3, 0.4) is 0 Å². The number of aromatic nitrogens is 4. The molecule has 0 saturated carbocycles. The molecule has 0 amide bonds. The third kappa shape index (κ3) is 5.61. The van der Waals surface area contributed by atoms with Crippen molar-refractivity contribution < 1.29 is 0 Å². The first-order valence-electron chi connectivity index (χ1n) is 21.2. The van der Waals surface area contributed by atoms with E-state index in [4.69, 9.17) is 4.98 Å². The van der Waals surface area contributed by atoms with Crippen LogP contribution in [0.1, 0.15) is 0 Å². The Hall–Kier alpha value is -7.26. The van der Waals surface area contributed by atoms with Crippen LogP contribution in [0.4, 0.5) is 0 Å². The van der Waals surface area contributed by atoms with Crippen molar-refractivity contribution in [1.29, 1.82) is 0 Å². The number of pyridine rings is 3. The zero-order valence-corrected chi connectivity index (χ0v) is 36.5. The number of hydrogen-bond acceptors (Lipinski definition) is 3. The average molecular weight is 886 g/mol. The molecule has 9 aromatic carbocycles. The Morgan fingerprint density at radius 3 is 1.76 bits per heavy atom.